The summed E-state index contributed by atoms with van der Waals surface area (Å²) in [6.45, 7) is 14.6. The summed E-state index contributed by atoms with van der Waals surface area (Å²) in [5.41, 5.74) is 0.445. The van der Waals surface area contributed by atoms with Crippen molar-refractivity contribution < 1.29 is 4.79 Å². The molecule has 3 nitrogen and oxygen atoms in total. The van der Waals surface area contributed by atoms with Crippen molar-refractivity contribution >= 4 is 5.91 Å². The van der Waals surface area contributed by atoms with Crippen LogP contribution in [-0.2, 0) is 4.79 Å². The maximum Gasteiger partial charge on any atom is 0.223 e. The second-order valence-electron chi connectivity index (χ2n) is 9.21. The van der Waals surface area contributed by atoms with Gasteiger partial charge in [-0.25, -0.2) is 0 Å². The SMILES string of the molecule is CC(C)CN1CCC2(CCC(C(=O)NC(C)(C)C)CC2)CC1. The molecule has 1 saturated heterocycles. The molecular formula is C19H36N2O. The molecule has 0 bridgehead atoms. The van der Waals surface area contributed by atoms with E-state index in [1.165, 1.54) is 45.3 Å². The van der Waals surface area contributed by atoms with Gasteiger partial charge in [-0.1, -0.05) is 13.8 Å². The molecule has 0 unspecified atom stereocenters. The van der Waals surface area contributed by atoms with Crippen LogP contribution in [0, 0.1) is 17.3 Å². The minimum absolute atomic E-state index is 0.103. The Morgan fingerprint density at radius 1 is 1.14 bits per heavy atom. The number of nitrogens with one attached hydrogen (secondary N) is 1. The van der Waals surface area contributed by atoms with Crippen LogP contribution < -0.4 is 5.32 Å². The van der Waals surface area contributed by atoms with Crippen molar-refractivity contribution in [2.45, 2.75) is 78.7 Å². The van der Waals surface area contributed by atoms with Crippen molar-refractivity contribution in [1.82, 2.24) is 10.2 Å². The molecule has 1 saturated carbocycles. The monoisotopic (exact) mass is 308 g/mol. The molecule has 1 N–H and O–H groups in total. The zero-order chi connectivity index (χ0) is 16.4. The third-order valence-electron chi connectivity index (χ3n) is 5.46. The van der Waals surface area contributed by atoms with E-state index in [1.54, 1.807) is 0 Å². The lowest BCUT2D eigenvalue weighted by molar-refractivity contribution is -0.128. The highest BCUT2D eigenvalue weighted by Crippen LogP contribution is 2.46. The number of amides is 1. The number of carbonyl (C=O) groups is 1. The number of carbonyl (C=O) groups excluding carboxylic acids is 1. The summed E-state index contributed by atoms with van der Waals surface area (Å²) in [6, 6.07) is 0. The van der Waals surface area contributed by atoms with E-state index in [-0.39, 0.29) is 17.4 Å². The molecule has 0 atom stereocenters. The number of nitrogens with zero attached hydrogens (tertiary/aromatic N) is 1. The van der Waals surface area contributed by atoms with Gasteiger partial charge in [0.1, 0.15) is 0 Å². The van der Waals surface area contributed by atoms with Gasteiger partial charge >= 0.3 is 0 Å². The molecule has 128 valence electrons. The largest absolute Gasteiger partial charge is 0.351 e. The standard InChI is InChI=1S/C19H36N2O/c1-15(2)14-21-12-10-19(11-13-21)8-6-16(7-9-19)17(22)20-18(3,4)5/h15-16H,6-14H2,1-5H3,(H,20,22). The summed E-state index contributed by atoms with van der Waals surface area (Å²) in [4.78, 5) is 15.0. The van der Waals surface area contributed by atoms with Crippen LogP contribution in [0.2, 0.25) is 0 Å². The number of hydrogen-bond acceptors (Lipinski definition) is 2. The van der Waals surface area contributed by atoms with Gasteiger partial charge in [-0.15, -0.1) is 0 Å². The fraction of sp³-hybridized carbons (Fsp3) is 0.947. The minimum atomic E-state index is -0.103. The van der Waals surface area contributed by atoms with Crippen molar-refractivity contribution in [3.63, 3.8) is 0 Å². The zero-order valence-corrected chi connectivity index (χ0v) is 15.4. The Morgan fingerprint density at radius 3 is 2.14 bits per heavy atom. The van der Waals surface area contributed by atoms with Crippen LogP contribution in [0.1, 0.15) is 73.1 Å². The summed E-state index contributed by atoms with van der Waals surface area (Å²) in [5, 5.41) is 3.16. The maximum atomic E-state index is 12.3. The third-order valence-corrected chi connectivity index (χ3v) is 5.46. The van der Waals surface area contributed by atoms with Crippen LogP contribution in [0.15, 0.2) is 0 Å². The van der Waals surface area contributed by atoms with Crippen LogP contribution in [-0.4, -0.2) is 36.0 Å². The zero-order valence-electron chi connectivity index (χ0n) is 15.4. The summed E-state index contributed by atoms with van der Waals surface area (Å²) < 4.78 is 0. The molecule has 0 aromatic heterocycles. The van der Waals surface area contributed by atoms with E-state index in [2.05, 4.69) is 44.8 Å². The molecule has 2 fully saturated rings. The molecule has 1 aliphatic carbocycles. The Morgan fingerprint density at radius 2 is 1.68 bits per heavy atom. The Balaban J connectivity index is 1.79. The van der Waals surface area contributed by atoms with Crippen LogP contribution >= 0.6 is 0 Å². The van der Waals surface area contributed by atoms with Gasteiger partial charge in [0.05, 0.1) is 0 Å². The Hall–Kier alpha value is -0.570. The van der Waals surface area contributed by atoms with Gasteiger partial charge in [0.25, 0.3) is 0 Å². The molecule has 22 heavy (non-hydrogen) atoms. The van der Waals surface area contributed by atoms with Crippen molar-refractivity contribution in [3.05, 3.63) is 0 Å². The van der Waals surface area contributed by atoms with E-state index in [9.17, 15) is 4.79 Å². The molecule has 1 heterocycles. The predicted octanol–water partition coefficient (Wildman–Crippen LogP) is 3.83. The van der Waals surface area contributed by atoms with E-state index in [4.69, 9.17) is 0 Å². The van der Waals surface area contributed by atoms with Gasteiger partial charge in [0.2, 0.25) is 5.91 Å². The number of rotatable bonds is 3. The maximum absolute atomic E-state index is 12.3. The molecule has 2 rings (SSSR count). The van der Waals surface area contributed by atoms with Crippen LogP contribution in [0.3, 0.4) is 0 Å². The minimum Gasteiger partial charge on any atom is -0.351 e. The lowest BCUT2D eigenvalue weighted by Crippen LogP contribution is -2.47. The van der Waals surface area contributed by atoms with E-state index >= 15 is 0 Å². The first-order chi connectivity index (χ1) is 10.2. The predicted molar refractivity (Wildman–Crippen MR) is 92.8 cm³/mol. The van der Waals surface area contributed by atoms with Crippen molar-refractivity contribution in [3.8, 4) is 0 Å². The molecular weight excluding hydrogens is 272 g/mol. The lowest BCUT2D eigenvalue weighted by atomic mass is 9.65. The van der Waals surface area contributed by atoms with E-state index in [1.807, 2.05) is 0 Å². The molecule has 0 radical (unpaired) electrons. The van der Waals surface area contributed by atoms with Gasteiger partial charge in [-0.05, 0) is 83.7 Å². The average molecular weight is 309 g/mol. The van der Waals surface area contributed by atoms with Gasteiger partial charge in [-0.3, -0.25) is 4.79 Å². The van der Waals surface area contributed by atoms with Crippen molar-refractivity contribution in [2.24, 2.45) is 17.3 Å². The van der Waals surface area contributed by atoms with E-state index < -0.39 is 0 Å². The highest BCUT2D eigenvalue weighted by Gasteiger charge is 2.39. The Kier molecular flexibility index (Phi) is 5.58. The van der Waals surface area contributed by atoms with Crippen molar-refractivity contribution in [2.75, 3.05) is 19.6 Å². The summed E-state index contributed by atoms with van der Waals surface area (Å²) in [5.74, 6) is 1.30. The normalized spacial score (nSPS) is 23.9. The number of hydrogen-bond donors (Lipinski definition) is 1. The summed E-state index contributed by atoms with van der Waals surface area (Å²) in [6.07, 6.45) is 7.37. The Bertz CT molecular complexity index is 365. The van der Waals surface area contributed by atoms with Gasteiger partial charge in [-0.2, -0.15) is 0 Å². The molecule has 2 aliphatic rings. The smallest absolute Gasteiger partial charge is 0.223 e. The molecule has 0 aromatic carbocycles. The first kappa shape index (κ1) is 17.8. The highest BCUT2D eigenvalue weighted by molar-refractivity contribution is 5.79. The number of piperidine rings is 1. The van der Waals surface area contributed by atoms with Crippen LogP contribution in [0.25, 0.3) is 0 Å². The second-order valence-corrected chi connectivity index (χ2v) is 9.21. The molecule has 1 aliphatic heterocycles. The lowest BCUT2D eigenvalue weighted by Gasteiger charge is -2.46. The first-order valence-corrected chi connectivity index (χ1v) is 9.24. The molecule has 0 aromatic rings. The summed E-state index contributed by atoms with van der Waals surface area (Å²) >= 11 is 0. The fourth-order valence-corrected chi connectivity index (χ4v) is 4.19. The van der Waals surface area contributed by atoms with Crippen molar-refractivity contribution in [1.29, 1.82) is 0 Å². The van der Waals surface area contributed by atoms with Crippen LogP contribution in [0.5, 0.6) is 0 Å². The number of likely N-dealkylation sites (tertiary alicyclic amines) is 1. The average Bonchev–Trinajstić information content (AvgIpc) is 2.40. The third kappa shape index (κ3) is 4.97. The topological polar surface area (TPSA) is 32.3 Å². The summed E-state index contributed by atoms with van der Waals surface area (Å²) in [7, 11) is 0. The van der Waals surface area contributed by atoms with E-state index in [0.717, 1.165) is 18.8 Å². The Labute approximate surface area is 137 Å². The van der Waals surface area contributed by atoms with Crippen LogP contribution in [0.4, 0.5) is 0 Å². The fourth-order valence-electron chi connectivity index (χ4n) is 4.19. The van der Waals surface area contributed by atoms with Gasteiger partial charge < -0.3 is 10.2 Å². The highest BCUT2D eigenvalue weighted by atomic mass is 16.2. The molecule has 1 spiro atoms. The van der Waals surface area contributed by atoms with Gasteiger partial charge in [0, 0.05) is 18.0 Å². The van der Waals surface area contributed by atoms with E-state index in [0.29, 0.717) is 5.41 Å². The second kappa shape index (κ2) is 6.90. The molecule has 3 heteroatoms. The first-order valence-electron chi connectivity index (χ1n) is 9.24. The quantitative estimate of drug-likeness (QED) is 0.859. The van der Waals surface area contributed by atoms with Gasteiger partial charge in [0.15, 0.2) is 0 Å². The molecule has 1 amide bonds.